The van der Waals surface area contributed by atoms with Gasteiger partial charge in [-0.3, -0.25) is 19.2 Å². The van der Waals surface area contributed by atoms with Gasteiger partial charge in [0, 0.05) is 25.2 Å². The summed E-state index contributed by atoms with van der Waals surface area (Å²) in [6.07, 6.45) is 0.350. The van der Waals surface area contributed by atoms with Crippen LogP contribution in [-0.4, -0.2) is 39.4 Å². The van der Waals surface area contributed by atoms with E-state index in [1.807, 2.05) is 0 Å². The van der Waals surface area contributed by atoms with Gasteiger partial charge in [-0.2, -0.15) is 0 Å². The molecule has 0 saturated carbocycles. The van der Waals surface area contributed by atoms with Crippen LogP contribution in [0.25, 0.3) is 0 Å². The van der Waals surface area contributed by atoms with Crippen LogP contribution in [0.1, 0.15) is 19.8 Å². The van der Waals surface area contributed by atoms with E-state index in [9.17, 15) is 22.8 Å². The average molecular weight is 445 g/mol. The number of hydrogen-bond donors (Lipinski definition) is 3. The van der Waals surface area contributed by atoms with E-state index >= 15 is 0 Å². The second kappa shape index (κ2) is 9.17. The number of para-hydroxylation sites is 1. The molecule has 31 heavy (non-hydrogen) atoms. The van der Waals surface area contributed by atoms with Crippen molar-refractivity contribution in [2.75, 3.05) is 16.7 Å². The van der Waals surface area contributed by atoms with Crippen molar-refractivity contribution in [2.24, 2.45) is 5.92 Å². The van der Waals surface area contributed by atoms with Crippen LogP contribution in [-0.2, 0) is 19.6 Å². The molecule has 2 atom stereocenters. The van der Waals surface area contributed by atoms with Crippen LogP contribution in [0.4, 0.5) is 16.2 Å². The Hall–Kier alpha value is -3.40. The summed E-state index contributed by atoms with van der Waals surface area (Å²) in [4.78, 5) is 35.5. The minimum Gasteiger partial charge on any atom is -0.335 e. The first-order valence-electron chi connectivity index (χ1n) is 9.74. The molecule has 1 saturated heterocycles. The van der Waals surface area contributed by atoms with Crippen LogP contribution in [0.2, 0.25) is 0 Å². The largest absolute Gasteiger partial charge is 0.335 e. The first-order chi connectivity index (χ1) is 14.7. The van der Waals surface area contributed by atoms with E-state index in [1.165, 1.54) is 35.6 Å². The molecule has 0 spiro atoms. The lowest BCUT2D eigenvalue weighted by Gasteiger charge is -2.28. The number of amides is 4. The van der Waals surface area contributed by atoms with Crippen LogP contribution in [0.5, 0.6) is 0 Å². The predicted octanol–water partition coefficient (Wildman–Crippen LogP) is 2.07. The Balaban J connectivity index is 1.59. The van der Waals surface area contributed by atoms with Crippen molar-refractivity contribution in [2.45, 2.75) is 30.7 Å². The Morgan fingerprint density at radius 2 is 1.71 bits per heavy atom. The maximum Gasteiger partial charge on any atom is 0.321 e. The van der Waals surface area contributed by atoms with E-state index in [2.05, 4.69) is 16.0 Å². The van der Waals surface area contributed by atoms with Gasteiger partial charge in [-0.1, -0.05) is 18.2 Å². The molecule has 0 radical (unpaired) electrons. The van der Waals surface area contributed by atoms with E-state index < -0.39 is 27.9 Å². The fourth-order valence-corrected chi connectivity index (χ4v) is 4.51. The number of nitrogens with one attached hydrogen (secondary N) is 3. The highest BCUT2D eigenvalue weighted by molar-refractivity contribution is 7.92. The van der Waals surface area contributed by atoms with Crippen LogP contribution in [0.3, 0.4) is 0 Å². The molecule has 1 aliphatic rings. The minimum absolute atomic E-state index is 0.0785. The van der Waals surface area contributed by atoms with E-state index in [0.717, 1.165) is 0 Å². The zero-order valence-corrected chi connectivity index (χ0v) is 18.0. The van der Waals surface area contributed by atoms with Crippen molar-refractivity contribution < 1.29 is 22.8 Å². The lowest BCUT2D eigenvalue weighted by Crippen LogP contribution is -2.57. The van der Waals surface area contributed by atoms with Gasteiger partial charge in [-0.15, -0.1) is 0 Å². The predicted molar refractivity (Wildman–Crippen MR) is 116 cm³/mol. The zero-order chi connectivity index (χ0) is 22.6. The van der Waals surface area contributed by atoms with Crippen molar-refractivity contribution in [3.8, 4) is 0 Å². The molecule has 4 amide bonds. The van der Waals surface area contributed by atoms with Gasteiger partial charge in [0.15, 0.2) is 0 Å². The highest BCUT2D eigenvalue weighted by atomic mass is 32.2. The molecule has 9 nitrogen and oxygen atoms in total. The fourth-order valence-electron chi connectivity index (χ4n) is 3.31. The third-order valence-electron chi connectivity index (χ3n) is 5.13. The Kier molecular flexibility index (Phi) is 6.59. The van der Waals surface area contributed by atoms with Gasteiger partial charge < -0.3 is 10.6 Å². The number of nitrogens with zero attached hydrogens (tertiary/aromatic N) is 1. The van der Waals surface area contributed by atoms with Crippen LogP contribution in [0.15, 0.2) is 59.5 Å². The highest BCUT2D eigenvalue weighted by Crippen LogP contribution is 2.23. The molecule has 0 aromatic heterocycles. The Morgan fingerprint density at radius 1 is 1.06 bits per heavy atom. The molecule has 2 aromatic carbocycles. The standard InChI is InChI=1S/C21H24N4O5S/c1-14-18(20(27)24-21(28)22-14)12-13-19(26)23-15-8-10-17(11-9-15)31(29,30)25(2)16-6-4-3-5-7-16/h3-11,14,18H,12-13H2,1-2H3,(H,23,26)(H2,22,24,27,28). The maximum atomic E-state index is 12.8. The summed E-state index contributed by atoms with van der Waals surface area (Å²) in [6, 6.07) is 13.7. The van der Waals surface area contributed by atoms with Crippen molar-refractivity contribution in [1.82, 2.24) is 10.6 Å². The van der Waals surface area contributed by atoms with E-state index in [0.29, 0.717) is 11.4 Å². The number of benzene rings is 2. The highest BCUT2D eigenvalue weighted by Gasteiger charge is 2.32. The molecule has 1 aliphatic heterocycles. The van der Waals surface area contributed by atoms with Crippen LogP contribution >= 0.6 is 0 Å². The number of carbonyl (C=O) groups is 3. The lowest BCUT2D eigenvalue weighted by molar-refractivity contribution is -0.126. The Bertz CT molecular complexity index is 1070. The third-order valence-corrected chi connectivity index (χ3v) is 6.93. The maximum absolute atomic E-state index is 12.8. The van der Waals surface area contributed by atoms with Crippen molar-refractivity contribution in [1.29, 1.82) is 0 Å². The smallest absolute Gasteiger partial charge is 0.321 e. The first-order valence-corrected chi connectivity index (χ1v) is 11.2. The number of anilines is 2. The van der Waals surface area contributed by atoms with Gasteiger partial charge in [-0.25, -0.2) is 13.2 Å². The van der Waals surface area contributed by atoms with E-state index in [4.69, 9.17) is 0 Å². The SMILES string of the molecule is CC1NC(=O)NC(=O)C1CCC(=O)Nc1ccc(S(=O)(=O)N(C)c2ccccc2)cc1. The fraction of sp³-hybridized carbons (Fsp3) is 0.286. The molecule has 3 rings (SSSR count). The third kappa shape index (κ3) is 5.21. The lowest BCUT2D eigenvalue weighted by atomic mass is 9.93. The summed E-state index contributed by atoms with van der Waals surface area (Å²) < 4.78 is 26.8. The monoisotopic (exact) mass is 444 g/mol. The molecule has 2 unspecified atom stereocenters. The van der Waals surface area contributed by atoms with Gasteiger partial charge in [-0.05, 0) is 49.7 Å². The van der Waals surface area contributed by atoms with Crippen molar-refractivity contribution in [3.63, 3.8) is 0 Å². The molecule has 3 N–H and O–H groups in total. The molecule has 10 heteroatoms. The first kappa shape index (κ1) is 22.3. The summed E-state index contributed by atoms with van der Waals surface area (Å²) in [5.74, 6) is -1.21. The number of urea groups is 1. The molecule has 1 fully saturated rings. The second-order valence-electron chi connectivity index (χ2n) is 7.28. The molecule has 1 heterocycles. The molecular weight excluding hydrogens is 420 g/mol. The number of sulfonamides is 1. The Labute approximate surface area is 180 Å². The molecule has 2 aromatic rings. The average Bonchev–Trinajstić information content (AvgIpc) is 2.73. The number of imide groups is 1. The molecule has 0 aliphatic carbocycles. The topological polar surface area (TPSA) is 125 Å². The Morgan fingerprint density at radius 3 is 2.32 bits per heavy atom. The molecular formula is C21H24N4O5S. The summed E-state index contributed by atoms with van der Waals surface area (Å²) in [5, 5.41) is 7.50. The summed E-state index contributed by atoms with van der Waals surface area (Å²) in [6.45, 7) is 1.71. The van der Waals surface area contributed by atoms with E-state index in [-0.39, 0.29) is 29.7 Å². The van der Waals surface area contributed by atoms with Crippen LogP contribution in [0, 0.1) is 5.92 Å². The summed E-state index contributed by atoms with van der Waals surface area (Å²) >= 11 is 0. The molecule has 164 valence electrons. The summed E-state index contributed by atoms with van der Waals surface area (Å²) in [5.41, 5.74) is 0.984. The quantitative estimate of drug-likeness (QED) is 0.603. The van der Waals surface area contributed by atoms with Gasteiger partial charge in [0.05, 0.1) is 16.5 Å². The van der Waals surface area contributed by atoms with Gasteiger partial charge in [0.25, 0.3) is 10.0 Å². The van der Waals surface area contributed by atoms with Gasteiger partial charge in [0.2, 0.25) is 11.8 Å². The van der Waals surface area contributed by atoms with Gasteiger partial charge in [0.1, 0.15) is 0 Å². The van der Waals surface area contributed by atoms with Gasteiger partial charge >= 0.3 is 6.03 Å². The zero-order valence-electron chi connectivity index (χ0n) is 17.2. The number of rotatable bonds is 7. The molecule has 0 bridgehead atoms. The van der Waals surface area contributed by atoms with Crippen LogP contribution < -0.4 is 20.3 Å². The second-order valence-corrected chi connectivity index (χ2v) is 9.25. The minimum atomic E-state index is -3.74. The van der Waals surface area contributed by atoms with E-state index in [1.54, 1.807) is 37.3 Å². The number of hydrogen-bond acceptors (Lipinski definition) is 5. The number of carbonyl (C=O) groups excluding carboxylic acids is 3. The normalized spacial score (nSPS) is 18.6. The van der Waals surface area contributed by atoms with Crippen molar-refractivity contribution in [3.05, 3.63) is 54.6 Å². The summed E-state index contributed by atoms with van der Waals surface area (Å²) in [7, 11) is -2.26. The van der Waals surface area contributed by atoms with Crippen molar-refractivity contribution >= 4 is 39.2 Å².